The van der Waals surface area contributed by atoms with Gasteiger partial charge in [0.1, 0.15) is 0 Å². The van der Waals surface area contributed by atoms with Gasteiger partial charge in [-0.25, -0.2) is 0 Å². The van der Waals surface area contributed by atoms with Gasteiger partial charge in [0.05, 0.1) is 0 Å². The molecule has 4 aliphatic carbocycles. The Morgan fingerprint density at radius 2 is 1.47 bits per heavy atom. The number of rotatable bonds is 3. The van der Waals surface area contributed by atoms with Gasteiger partial charge in [0, 0.05) is 19.1 Å². The molecule has 4 rings (SSSR count). The van der Waals surface area contributed by atoms with E-state index in [1.54, 1.807) is 6.42 Å². The maximum atomic E-state index is 5.57. The van der Waals surface area contributed by atoms with E-state index in [1.165, 1.54) is 25.7 Å². The molecule has 3 N–H and O–H groups in total. The molecule has 3 heteroatoms. The Labute approximate surface area is 104 Å². The molecule has 2 nitrogen and oxygen atoms in total. The molecule has 0 unspecified atom stereocenters. The first-order valence-corrected chi connectivity index (χ1v) is 6.30. The molecular weight excluding hydrogens is 245 g/mol. The van der Waals surface area contributed by atoms with Crippen molar-refractivity contribution in [1.82, 2.24) is 5.32 Å². The van der Waals surface area contributed by atoms with E-state index in [4.69, 9.17) is 5.73 Å². The molecule has 0 aromatic heterocycles. The Morgan fingerprint density at radius 1 is 0.933 bits per heavy atom. The average Bonchev–Trinajstić information content (AvgIpc) is 2.15. The summed E-state index contributed by atoms with van der Waals surface area (Å²) in [5.41, 5.74) is 5.57. The standard InChI is InChI=1S/C12H22N2.GeH4/c13-1-2-14-12-10-4-8-3-9(6-10)7-11(12)5-8;/h8-12,14H,1-7,13H2;1H4. The molecule has 0 aromatic carbocycles. The fourth-order valence-corrected chi connectivity index (χ4v) is 4.51. The van der Waals surface area contributed by atoms with E-state index in [1.807, 2.05) is 0 Å². The summed E-state index contributed by atoms with van der Waals surface area (Å²) in [7, 11) is 0. The van der Waals surface area contributed by atoms with Crippen molar-refractivity contribution in [2.75, 3.05) is 13.1 Å². The minimum atomic E-state index is 0. The van der Waals surface area contributed by atoms with E-state index >= 15 is 0 Å². The molecule has 0 aliphatic heterocycles. The first-order valence-electron chi connectivity index (χ1n) is 6.30. The summed E-state index contributed by atoms with van der Waals surface area (Å²) in [6.07, 6.45) is 7.59. The number of nitrogens with one attached hydrogen (secondary N) is 1. The van der Waals surface area contributed by atoms with Crippen molar-refractivity contribution in [1.29, 1.82) is 0 Å². The van der Waals surface area contributed by atoms with E-state index in [0.717, 1.165) is 42.8 Å². The van der Waals surface area contributed by atoms with Crippen molar-refractivity contribution in [2.45, 2.75) is 38.1 Å². The molecule has 0 aromatic rings. The summed E-state index contributed by atoms with van der Waals surface area (Å²) < 4.78 is 0. The molecule has 0 saturated heterocycles. The SMILES string of the molecule is NCCNC1C2CC3CC(C2)CC1C3.[GeH4]. The van der Waals surface area contributed by atoms with E-state index in [2.05, 4.69) is 5.32 Å². The molecule has 4 saturated carbocycles. The van der Waals surface area contributed by atoms with Crippen LogP contribution in [0.25, 0.3) is 0 Å². The van der Waals surface area contributed by atoms with Crippen LogP contribution in [0, 0.1) is 23.7 Å². The molecule has 4 aliphatic rings. The van der Waals surface area contributed by atoms with Crippen molar-refractivity contribution in [3.8, 4) is 0 Å². The van der Waals surface area contributed by atoms with Crippen molar-refractivity contribution in [2.24, 2.45) is 29.4 Å². The van der Waals surface area contributed by atoms with Crippen LogP contribution in [0.5, 0.6) is 0 Å². The van der Waals surface area contributed by atoms with E-state index < -0.39 is 0 Å². The molecule has 15 heavy (non-hydrogen) atoms. The average molecular weight is 271 g/mol. The van der Waals surface area contributed by atoms with Crippen LogP contribution in [0.15, 0.2) is 0 Å². The quantitative estimate of drug-likeness (QED) is 0.704. The molecule has 0 amide bonds. The van der Waals surface area contributed by atoms with Crippen LogP contribution >= 0.6 is 0 Å². The summed E-state index contributed by atoms with van der Waals surface area (Å²) in [5, 5.41) is 3.69. The van der Waals surface area contributed by atoms with E-state index in [0.29, 0.717) is 0 Å². The van der Waals surface area contributed by atoms with Crippen LogP contribution in [-0.4, -0.2) is 36.7 Å². The second-order valence-corrected chi connectivity index (χ2v) is 5.70. The van der Waals surface area contributed by atoms with Gasteiger partial charge in [-0.3, -0.25) is 0 Å². The van der Waals surface area contributed by atoms with Crippen molar-refractivity contribution in [3.63, 3.8) is 0 Å². The maximum absolute atomic E-state index is 5.57. The summed E-state index contributed by atoms with van der Waals surface area (Å²) in [5.74, 6) is 4.18. The Hall–Kier alpha value is 0.463. The zero-order valence-corrected chi connectivity index (χ0v) is 8.91. The monoisotopic (exact) mass is 272 g/mol. The third kappa shape index (κ3) is 2.13. The van der Waals surface area contributed by atoms with Gasteiger partial charge in [-0.1, -0.05) is 0 Å². The second-order valence-electron chi connectivity index (χ2n) is 5.70. The Bertz CT molecular complexity index is 192. The van der Waals surface area contributed by atoms with Gasteiger partial charge < -0.3 is 11.1 Å². The molecule has 4 fully saturated rings. The number of hydrogen-bond acceptors (Lipinski definition) is 2. The normalized spacial score (nSPS) is 46.6. The predicted molar refractivity (Wildman–Crippen MR) is 69.2 cm³/mol. The minimum absolute atomic E-state index is 0. The van der Waals surface area contributed by atoms with Crippen LogP contribution in [0.2, 0.25) is 0 Å². The van der Waals surface area contributed by atoms with E-state index in [9.17, 15) is 0 Å². The molecule has 0 spiro atoms. The topological polar surface area (TPSA) is 38.0 Å². The Morgan fingerprint density at radius 3 is 1.93 bits per heavy atom. The molecule has 4 bridgehead atoms. The molecule has 0 heterocycles. The van der Waals surface area contributed by atoms with Gasteiger partial charge in [-0.15, -0.1) is 0 Å². The molecule has 88 valence electrons. The molecule has 0 radical (unpaired) electrons. The second kappa shape index (κ2) is 4.76. The zero-order valence-electron chi connectivity index (χ0n) is 8.91. The van der Waals surface area contributed by atoms with Crippen LogP contribution in [0.4, 0.5) is 0 Å². The molecular formula is C12H26GeN2. The van der Waals surface area contributed by atoms with Crippen LogP contribution in [-0.2, 0) is 0 Å². The molecule has 0 atom stereocenters. The van der Waals surface area contributed by atoms with Crippen LogP contribution < -0.4 is 11.1 Å². The summed E-state index contributed by atoms with van der Waals surface area (Å²) >= 11 is 0. The summed E-state index contributed by atoms with van der Waals surface area (Å²) in [4.78, 5) is 0. The third-order valence-electron chi connectivity index (χ3n) is 4.75. The number of hydrogen-bond donors (Lipinski definition) is 2. The predicted octanol–water partition coefficient (Wildman–Crippen LogP) is -0.0922. The van der Waals surface area contributed by atoms with E-state index in [-0.39, 0.29) is 17.6 Å². The fraction of sp³-hybridized carbons (Fsp3) is 1.00. The number of nitrogens with two attached hydrogens (primary N) is 1. The van der Waals surface area contributed by atoms with Gasteiger partial charge in [-0.05, 0) is 55.8 Å². The first-order chi connectivity index (χ1) is 6.86. The Balaban J connectivity index is 0.000000853. The van der Waals surface area contributed by atoms with Crippen LogP contribution in [0.1, 0.15) is 32.1 Å². The third-order valence-corrected chi connectivity index (χ3v) is 4.75. The zero-order chi connectivity index (χ0) is 9.54. The van der Waals surface area contributed by atoms with Crippen LogP contribution in [0.3, 0.4) is 0 Å². The fourth-order valence-electron chi connectivity index (χ4n) is 4.51. The summed E-state index contributed by atoms with van der Waals surface area (Å²) in [6.45, 7) is 1.82. The summed E-state index contributed by atoms with van der Waals surface area (Å²) in [6, 6.07) is 0.825. The Kier molecular flexibility index (Phi) is 3.79. The van der Waals surface area contributed by atoms with Gasteiger partial charge >= 0.3 is 17.6 Å². The van der Waals surface area contributed by atoms with Gasteiger partial charge in [0.15, 0.2) is 0 Å². The van der Waals surface area contributed by atoms with Gasteiger partial charge in [0.2, 0.25) is 0 Å². The van der Waals surface area contributed by atoms with Crippen molar-refractivity contribution in [3.05, 3.63) is 0 Å². The van der Waals surface area contributed by atoms with Crippen molar-refractivity contribution < 1.29 is 0 Å². The first kappa shape index (κ1) is 11.9. The van der Waals surface area contributed by atoms with Crippen molar-refractivity contribution >= 4 is 17.6 Å². The van der Waals surface area contributed by atoms with Gasteiger partial charge in [-0.2, -0.15) is 0 Å². The van der Waals surface area contributed by atoms with Gasteiger partial charge in [0.25, 0.3) is 0 Å².